The van der Waals surface area contributed by atoms with E-state index in [4.69, 9.17) is 10.5 Å². The molecular weight excluding hydrogens is 299 g/mol. The van der Waals surface area contributed by atoms with E-state index in [-0.39, 0.29) is 12.4 Å². The predicted molar refractivity (Wildman–Crippen MR) is 71.0 cm³/mol. The van der Waals surface area contributed by atoms with Gasteiger partial charge in [0, 0.05) is 24.4 Å². The smallest absolute Gasteiger partial charge is 0.233 e. The van der Waals surface area contributed by atoms with Gasteiger partial charge in [0.2, 0.25) is 5.88 Å². The number of aryl methyl sites for hydroxylation is 1. The number of benzene rings is 1. The van der Waals surface area contributed by atoms with Crippen molar-refractivity contribution in [3.05, 3.63) is 51.9 Å². The first-order valence-electron chi connectivity index (χ1n) is 5.39. The fourth-order valence-corrected chi connectivity index (χ4v) is 1.77. The summed E-state index contributed by atoms with van der Waals surface area (Å²) in [5.74, 6) is 0.428. The molecule has 0 aliphatic heterocycles. The third-order valence-electron chi connectivity index (χ3n) is 2.51. The quantitative estimate of drug-likeness (QED) is 0.943. The second-order valence-corrected chi connectivity index (χ2v) is 4.60. The maximum absolute atomic E-state index is 13.5. The largest absolute Gasteiger partial charge is 0.438 e. The average molecular weight is 311 g/mol. The molecule has 5 heteroatoms. The molecule has 1 heterocycles. The first-order chi connectivity index (χ1) is 8.61. The van der Waals surface area contributed by atoms with Crippen LogP contribution in [-0.2, 0) is 6.54 Å². The summed E-state index contributed by atoms with van der Waals surface area (Å²) in [6.07, 6.45) is 1.64. The van der Waals surface area contributed by atoms with Crippen molar-refractivity contribution in [3.63, 3.8) is 0 Å². The van der Waals surface area contributed by atoms with Gasteiger partial charge in [0.15, 0.2) is 0 Å². The number of hydrogen-bond acceptors (Lipinski definition) is 3. The van der Waals surface area contributed by atoms with Crippen LogP contribution >= 0.6 is 15.9 Å². The normalized spacial score (nSPS) is 10.4. The molecule has 2 N–H and O–H groups in total. The molecule has 0 amide bonds. The zero-order valence-electron chi connectivity index (χ0n) is 9.78. The van der Waals surface area contributed by atoms with Crippen LogP contribution in [0.25, 0.3) is 0 Å². The molecule has 0 saturated carbocycles. The molecule has 1 aromatic carbocycles. The van der Waals surface area contributed by atoms with Crippen molar-refractivity contribution >= 4 is 15.9 Å². The van der Waals surface area contributed by atoms with Crippen LogP contribution in [0.3, 0.4) is 0 Å². The SMILES string of the molecule is Cc1ccnc(Oc2ccc(CN)c(F)c2)c1Br. The molecule has 0 radical (unpaired) electrons. The minimum atomic E-state index is -0.376. The topological polar surface area (TPSA) is 48.1 Å². The van der Waals surface area contributed by atoms with E-state index in [1.807, 2.05) is 13.0 Å². The van der Waals surface area contributed by atoms with Gasteiger partial charge in [0.25, 0.3) is 0 Å². The number of pyridine rings is 1. The van der Waals surface area contributed by atoms with Crippen molar-refractivity contribution in [2.24, 2.45) is 5.73 Å². The molecule has 18 heavy (non-hydrogen) atoms. The summed E-state index contributed by atoms with van der Waals surface area (Å²) in [7, 11) is 0. The molecule has 0 aliphatic carbocycles. The van der Waals surface area contributed by atoms with Gasteiger partial charge in [0.1, 0.15) is 11.6 Å². The second kappa shape index (κ2) is 5.46. The van der Waals surface area contributed by atoms with Gasteiger partial charge in [-0.2, -0.15) is 0 Å². The van der Waals surface area contributed by atoms with Gasteiger partial charge in [0.05, 0.1) is 4.47 Å². The van der Waals surface area contributed by atoms with E-state index in [1.54, 1.807) is 18.3 Å². The Hall–Kier alpha value is -1.46. The zero-order valence-corrected chi connectivity index (χ0v) is 11.4. The van der Waals surface area contributed by atoms with Gasteiger partial charge in [-0.1, -0.05) is 6.07 Å². The fraction of sp³-hybridized carbons (Fsp3) is 0.154. The van der Waals surface area contributed by atoms with Gasteiger partial charge in [-0.15, -0.1) is 0 Å². The van der Waals surface area contributed by atoms with Crippen LogP contribution in [0.2, 0.25) is 0 Å². The Morgan fingerprint density at radius 1 is 1.39 bits per heavy atom. The molecule has 3 nitrogen and oxygen atoms in total. The number of ether oxygens (including phenoxy) is 1. The van der Waals surface area contributed by atoms with Gasteiger partial charge in [-0.05, 0) is 40.5 Å². The summed E-state index contributed by atoms with van der Waals surface area (Å²) in [5.41, 5.74) is 6.85. The molecule has 2 rings (SSSR count). The molecule has 0 unspecified atom stereocenters. The lowest BCUT2D eigenvalue weighted by Crippen LogP contribution is -2.00. The van der Waals surface area contributed by atoms with E-state index in [2.05, 4.69) is 20.9 Å². The Kier molecular flexibility index (Phi) is 3.93. The highest BCUT2D eigenvalue weighted by Crippen LogP contribution is 2.30. The lowest BCUT2D eigenvalue weighted by Gasteiger charge is -2.09. The van der Waals surface area contributed by atoms with E-state index in [1.165, 1.54) is 6.07 Å². The van der Waals surface area contributed by atoms with E-state index >= 15 is 0 Å². The van der Waals surface area contributed by atoms with Crippen molar-refractivity contribution in [3.8, 4) is 11.6 Å². The molecule has 2 aromatic rings. The molecular formula is C13H12BrFN2O. The van der Waals surface area contributed by atoms with Gasteiger partial charge >= 0.3 is 0 Å². The summed E-state index contributed by atoms with van der Waals surface area (Å²) in [4.78, 5) is 4.09. The van der Waals surface area contributed by atoms with Crippen LogP contribution in [0.1, 0.15) is 11.1 Å². The van der Waals surface area contributed by atoms with Crippen molar-refractivity contribution in [2.75, 3.05) is 0 Å². The average Bonchev–Trinajstić information content (AvgIpc) is 2.35. The van der Waals surface area contributed by atoms with Crippen LogP contribution < -0.4 is 10.5 Å². The molecule has 94 valence electrons. The molecule has 0 atom stereocenters. The van der Waals surface area contributed by atoms with E-state index < -0.39 is 0 Å². The molecule has 0 aliphatic rings. The Morgan fingerprint density at radius 3 is 2.83 bits per heavy atom. The molecule has 0 saturated heterocycles. The standard InChI is InChI=1S/C13H12BrFN2O/c1-8-4-5-17-13(12(8)14)18-10-3-2-9(7-16)11(15)6-10/h2-6H,7,16H2,1H3. The lowest BCUT2D eigenvalue weighted by atomic mass is 10.2. The van der Waals surface area contributed by atoms with Crippen LogP contribution in [-0.4, -0.2) is 4.98 Å². The summed E-state index contributed by atoms with van der Waals surface area (Å²) in [6, 6.07) is 6.43. The number of nitrogens with zero attached hydrogens (tertiary/aromatic N) is 1. The Balaban J connectivity index is 2.29. The highest BCUT2D eigenvalue weighted by molar-refractivity contribution is 9.10. The molecule has 0 spiro atoms. The van der Waals surface area contributed by atoms with Crippen molar-refractivity contribution in [1.82, 2.24) is 4.98 Å². The molecule has 1 aromatic heterocycles. The Labute approximate surface area is 113 Å². The minimum absolute atomic E-state index is 0.165. The Morgan fingerprint density at radius 2 is 2.17 bits per heavy atom. The second-order valence-electron chi connectivity index (χ2n) is 3.81. The summed E-state index contributed by atoms with van der Waals surface area (Å²) < 4.78 is 19.8. The highest BCUT2D eigenvalue weighted by Gasteiger charge is 2.08. The maximum atomic E-state index is 13.5. The number of nitrogens with two attached hydrogens (primary N) is 1. The lowest BCUT2D eigenvalue weighted by molar-refractivity contribution is 0.453. The van der Waals surface area contributed by atoms with Gasteiger partial charge in [-0.3, -0.25) is 0 Å². The van der Waals surface area contributed by atoms with Crippen molar-refractivity contribution in [1.29, 1.82) is 0 Å². The summed E-state index contributed by atoms with van der Waals surface area (Å²) >= 11 is 3.38. The van der Waals surface area contributed by atoms with Crippen LogP contribution in [0.15, 0.2) is 34.9 Å². The number of rotatable bonds is 3. The molecule has 0 bridgehead atoms. The van der Waals surface area contributed by atoms with Gasteiger partial charge in [-0.25, -0.2) is 9.37 Å². The Bertz CT molecular complexity index is 575. The minimum Gasteiger partial charge on any atom is -0.438 e. The van der Waals surface area contributed by atoms with Crippen LogP contribution in [0.4, 0.5) is 4.39 Å². The van der Waals surface area contributed by atoms with Crippen molar-refractivity contribution < 1.29 is 9.13 Å². The fourth-order valence-electron chi connectivity index (χ4n) is 1.46. The zero-order chi connectivity index (χ0) is 13.1. The van der Waals surface area contributed by atoms with E-state index in [9.17, 15) is 4.39 Å². The first-order valence-corrected chi connectivity index (χ1v) is 6.18. The number of halogens is 2. The highest BCUT2D eigenvalue weighted by atomic mass is 79.9. The van der Waals surface area contributed by atoms with Crippen molar-refractivity contribution in [2.45, 2.75) is 13.5 Å². The first kappa shape index (κ1) is 13.0. The summed E-state index contributed by atoms with van der Waals surface area (Å²) in [5, 5.41) is 0. The van der Waals surface area contributed by atoms with Gasteiger partial charge < -0.3 is 10.5 Å². The maximum Gasteiger partial charge on any atom is 0.233 e. The third-order valence-corrected chi connectivity index (χ3v) is 3.47. The number of hydrogen-bond donors (Lipinski definition) is 1. The monoisotopic (exact) mass is 310 g/mol. The van der Waals surface area contributed by atoms with Crippen LogP contribution in [0, 0.1) is 12.7 Å². The number of aromatic nitrogens is 1. The molecule has 0 fully saturated rings. The third kappa shape index (κ3) is 2.68. The van der Waals surface area contributed by atoms with E-state index in [0.29, 0.717) is 17.2 Å². The van der Waals surface area contributed by atoms with E-state index in [0.717, 1.165) is 10.0 Å². The van der Waals surface area contributed by atoms with Crippen LogP contribution in [0.5, 0.6) is 11.6 Å². The summed E-state index contributed by atoms with van der Waals surface area (Å²) in [6.45, 7) is 2.09. The predicted octanol–water partition coefficient (Wildman–Crippen LogP) is 3.54.